The number of carboxylic acids is 1. The van der Waals surface area contributed by atoms with Crippen molar-refractivity contribution in [3.8, 4) is 0 Å². The fourth-order valence-electron chi connectivity index (χ4n) is 5.28. The van der Waals surface area contributed by atoms with E-state index >= 15 is 0 Å². The SMILES string of the molecule is O=C(O)[C@@H]1[C@H]2CC[C@@H](CN1C(=O)N(c1ccccc1)c1ccccc1)N2C(=O)NCc1ccccc1. The highest BCUT2D eigenvalue weighted by atomic mass is 16.4. The number of hydrogen-bond donors (Lipinski definition) is 2. The van der Waals surface area contributed by atoms with E-state index in [-0.39, 0.29) is 18.6 Å². The number of hydrogen-bond acceptors (Lipinski definition) is 3. The molecule has 0 unspecified atom stereocenters. The number of rotatable bonds is 5. The van der Waals surface area contributed by atoms with Crippen LogP contribution in [0.4, 0.5) is 21.0 Å². The minimum atomic E-state index is -1.14. The third-order valence-electron chi connectivity index (χ3n) is 6.89. The fourth-order valence-corrected chi connectivity index (χ4v) is 5.28. The third kappa shape index (κ3) is 4.49. The summed E-state index contributed by atoms with van der Waals surface area (Å²) < 4.78 is 0. The molecule has 2 bridgehead atoms. The normalized spacial score (nSPS) is 20.6. The molecule has 0 spiro atoms. The minimum absolute atomic E-state index is 0.154. The lowest BCUT2D eigenvalue weighted by molar-refractivity contribution is -0.145. The van der Waals surface area contributed by atoms with Crippen LogP contribution in [0.3, 0.4) is 0 Å². The van der Waals surface area contributed by atoms with E-state index < -0.39 is 24.1 Å². The Bertz CT molecular complexity index is 1180. The summed E-state index contributed by atoms with van der Waals surface area (Å²) >= 11 is 0. The van der Waals surface area contributed by atoms with E-state index in [0.29, 0.717) is 30.8 Å². The van der Waals surface area contributed by atoms with E-state index in [1.165, 1.54) is 4.90 Å². The van der Waals surface area contributed by atoms with Crippen LogP contribution in [0.5, 0.6) is 0 Å². The lowest BCUT2D eigenvalue weighted by Gasteiger charge is -2.46. The maximum Gasteiger partial charge on any atom is 0.329 e. The average molecular weight is 485 g/mol. The monoisotopic (exact) mass is 484 g/mol. The van der Waals surface area contributed by atoms with Gasteiger partial charge < -0.3 is 20.2 Å². The number of carbonyl (C=O) groups is 3. The van der Waals surface area contributed by atoms with Crippen LogP contribution in [-0.2, 0) is 11.3 Å². The van der Waals surface area contributed by atoms with E-state index in [1.54, 1.807) is 9.80 Å². The van der Waals surface area contributed by atoms with Crippen LogP contribution in [0.1, 0.15) is 18.4 Å². The first-order valence-electron chi connectivity index (χ1n) is 12.1. The second-order valence-corrected chi connectivity index (χ2v) is 9.07. The van der Waals surface area contributed by atoms with Gasteiger partial charge in [0.15, 0.2) is 6.04 Å². The molecule has 2 fully saturated rings. The molecule has 2 aliphatic rings. The largest absolute Gasteiger partial charge is 0.480 e. The molecule has 2 heterocycles. The Labute approximate surface area is 209 Å². The standard InChI is InChI=1S/C28H28N4O4/c33-26(34)25-24-17-16-23(32(24)27(35)29-18-20-10-4-1-5-11-20)19-30(25)28(36)31(21-12-6-2-7-13-21)22-14-8-3-9-15-22/h1-15,23-25H,16-19H2,(H,29,35)(H,33,34)/t23-,24+,25-/m0/s1. The van der Waals surface area contributed by atoms with Crippen molar-refractivity contribution in [3.05, 3.63) is 96.6 Å². The zero-order chi connectivity index (χ0) is 25.1. The van der Waals surface area contributed by atoms with E-state index in [1.807, 2.05) is 91.0 Å². The Morgan fingerprint density at radius 2 is 1.39 bits per heavy atom. The molecule has 0 aliphatic carbocycles. The molecule has 2 N–H and O–H groups in total. The summed E-state index contributed by atoms with van der Waals surface area (Å²) in [6.07, 6.45) is 1.18. The van der Waals surface area contributed by atoms with E-state index in [0.717, 1.165) is 5.56 Å². The number of likely N-dealkylation sites (tertiary alicyclic amines) is 1. The number of nitrogens with one attached hydrogen (secondary N) is 1. The van der Waals surface area contributed by atoms with Crippen LogP contribution >= 0.6 is 0 Å². The zero-order valence-electron chi connectivity index (χ0n) is 19.7. The number of piperazine rings is 1. The number of anilines is 2. The summed E-state index contributed by atoms with van der Waals surface area (Å²) in [5.74, 6) is -1.12. The maximum atomic E-state index is 14.0. The predicted octanol–water partition coefficient (Wildman–Crippen LogP) is 4.46. The van der Waals surface area contributed by atoms with Gasteiger partial charge in [-0.3, -0.25) is 4.90 Å². The average Bonchev–Trinajstić information content (AvgIpc) is 3.21. The molecule has 3 atom stereocenters. The topological polar surface area (TPSA) is 93.2 Å². The highest BCUT2D eigenvalue weighted by molar-refractivity contribution is 6.01. The Morgan fingerprint density at radius 3 is 1.94 bits per heavy atom. The van der Waals surface area contributed by atoms with Gasteiger partial charge in [0.2, 0.25) is 0 Å². The molecule has 0 radical (unpaired) electrons. The molecule has 184 valence electrons. The molecule has 8 nitrogen and oxygen atoms in total. The zero-order valence-corrected chi connectivity index (χ0v) is 19.7. The number of para-hydroxylation sites is 2. The van der Waals surface area contributed by atoms with Crippen LogP contribution < -0.4 is 10.2 Å². The van der Waals surface area contributed by atoms with E-state index in [4.69, 9.17) is 0 Å². The number of carbonyl (C=O) groups excluding carboxylic acids is 2. The summed E-state index contributed by atoms with van der Waals surface area (Å²) in [6, 6.07) is 25.2. The molecular weight excluding hydrogens is 456 g/mol. The molecule has 3 aromatic carbocycles. The highest BCUT2D eigenvalue weighted by Crippen LogP contribution is 2.37. The first-order chi connectivity index (χ1) is 17.5. The Balaban J connectivity index is 1.41. The number of benzene rings is 3. The molecule has 36 heavy (non-hydrogen) atoms. The van der Waals surface area contributed by atoms with Gasteiger partial charge in [0.05, 0.1) is 23.5 Å². The molecule has 5 rings (SSSR count). The lowest BCUT2D eigenvalue weighted by atomic mass is 10.0. The van der Waals surface area contributed by atoms with Crippen LogP contribution in [-0.4, -0.2) is 57.6 Å². The van der Waals surface area contributed by atoms with Gasteiger partial charge in [0.25, 0.3) is 0 Å². The van der Waals surface area contributed by atoms with Gasteiger partial charge in [-0.25, -0.2) is 14.4 Å². The second-order valence-electron chi connectivity index (χ2n) is 9.07. The molecule has 8 heteroatoms. The Kier molecular flexibility index (Phi) is 6.58. The number of urea groups is 2. The van der Waals surface area contributed by atoms with Crippen LogP contribution in [0.2, 0.25) is 0 Å². The quantitative estimate of drug-likeness (QED) is 0.559. The second kappa shape index (κ2) is 10.1. The van der Waals surface area contributed by atoms with Gasteiger partial charge in [0, 0.05) is 13.1 Å². The number of carboxylic acid groups (broad SMARTS) is 1. The van der Waals surface area contributed by atoms with Crippen molar-refractivity contribution in [2.45, 2.75) is 37.5 Å². The van der Waals surface area contributed by atoms with Gasteiger partial charge in [-0.05, 0) is 42.7 Å². The van der Waals surface area contributed by atoms with E-state index in [9.17, 15) is 19.5 Å². The fraction of sp³-hybridized carbons (Fsp3) is 0.250. The molecule has 3 aromatic rings. The molecular formula is C28H28N4O4. The molecule has 2 aliphatic heterocycles. The van der Waals surface area contributed by atoms with Crippen LogP contribution in [0.15, 0.2) is 91.0 Å². The van der Waals surface area contributed by atoms with Crippen molar-refractivity contribution in [1.29, 1.82) is 0 Å². The van der Waals surface area contributed by atoms with Gasteiger partial charge >= 0.3 is 18.0 Å². The first kappa shape index (κ1) is 23.4. The Hall–Kier alpha value is -4.33. The summed E-state index contributed by atoms with van der Waals surface area (Å²) in [6.45, 7) is 0.507. The molecule has 0 saturated carbocycles. The predicted molar refractivity (Wildman–Crippen MR) is 136 cm³/mol. The van der Waals surface area contributed by atoms with Gasteiger partial charge in [-0.2, -0.15) is 0 Å². The molecule has 0 aromatic heterocycles. The van der Waals surface area contributed by atoms with Crippen LogP contribution in [0, 0.1) is 0 Å². The van der Waals surface area contributed by atoms with Crippen molar-refractivity contribution in [2.24, 2.45) is 0 Å². The number of fused-ring (bicyclic) bond motifs is 2. The van der Waals surface area contributed by atoms with E-state index in [2.05, 4.69) is 5.32 Å². The maximum absolute atomic E-state index is 14.0. The smallest absolute Gasteiger partial charge is 0.329 e. The summed E-state index contributed by atoms with van der Waals surface area (Å²) in [4.78, 5) is 44.3. The lowest BCUT2D eigenvalue weighted by Crippen LogP contribution is -2.67. The van der Waals surface area contributed by atoms with Crippen molar-refractivity contribution in [3.63, 3.8) is 0 Å². The first-order valence-corrected chi connectivity index (χ1v) is 12.1. The van der Waals surface area contributed by atoms with Crippen molar-refractivity contribution in [1.82, 2.24) is 15.1 Å². The number of aliphatic carboxylic acids is 1. The summed E-state index contributed by atoms with van der Waals surface area (Å²) in [5, 5.41) is 13.2. The van der Waals surface area contributed by atoms with Crippen molar-refractivity contribution < 1.29 is 19.5 Å². The summed E-state index contributed by atoms with van der Waals surface area (Å²) in [7, 11) is 0. The Morgan fingerprint density at radius 1 is 0.833 bits per heavy atom. The summed E-state index contributed by atoms with van der Waals surface area (Å²) in [5.41, 5.74) is 2.25. The number of nitrogens with zero attached hydrogens (tertiary/aromatic N) is 3. The van der Waals surface area contributed by atoms with Gasteiger partial charge in [-0.1, -0.05) is 66.7 Å². The van der Waals surface area contributed by atoms with Gasteiger partial charge in [0.1, 0.15) is 0 Å². The minimum Gasteiger partial charge on any atom is -0.480 e. The third-order valence-corrected chi connectivity index (χ3v) is 6.89. The molecule has 2 saturated heterocycles. The highest BCUT2D eigenvalue weighted by Gasteiger charge is 2.53. The van der Waals surface area contributed by atoms with Crippen molar-refractivity contribution >= 4 is 29.4 Å². The van der Waals surface area contributed by atoms with Crippen LogP contribution in [0.25, 0.3) is 0 Å². The number of amides is 4. The van der Waals surface area contributed by atoms with Gasteiger partial charge in [-0.15, -0.1) is 0 Å². The van der Waals surface area contributed by atoms with Crippen molar-refractivity contribution in [2.75, 3.05) is 11.4 Å². The molecule has 4 amide bonds.